The van der Waals surface area contributed by atoms with Crippen molar-refractivity contribution in [3.05, 3.63) is 18.2 Å². The van der Waals surface area contributed by atoms with Crippen LogP contribution in [-0.4, -0.2) is 90.1 Å². The summed E-state index contributed by atoms with van der Waals surface area (Å²) in [5.74, 6) is 0.938. The Hall–Kier alpha value is -1.35. The van der Waals surface area contributed by atoms with Gasteiger partial charge in [0.2, 0.25) is 10.0 Å². The molecule has 2 rings (SSSR count). The number of benzene rings is 1. The maximum absolute atomic E-state index is 12.8. The maximum Gasteiger partial charge on any atom is 0.243 e. The number of sulfonamides is 1. The van der Waals surface area contributed by atoms with Crippen LogP contribution in [0.4, 0.5) is 0 Å². The molecule has 0 radical (unpaired) electrons. The maximum atomic E-state index is 12.8. The highest BCUT2D eigenvalue weighted by atomic mass is 32.2. The van der Waals surface area contributed by atoms with Gasteiger partial charge in [-0.1, -0.05) is 0 Å². The minimum Gasteiger partial charge on any atom is -0.493 e. The van der Waals surface area contributed by atoms with Gasteiger partial charge in [0.15, 0.2) is 11.5 Å². The monoisotopic (exact) mass is 357 g/mol. The van der Waals surface area contributed by atoms with E-state index < -0.39 is 10.0 Å². The van der Waals surface area contributed by atoms with Crippen molar-refractivity contribution in [2.75, 3.05) is 67.6 Å². The van der Waals surface area contributed by atoms with Gasteiger partial charge in [0, 0.05) is 45.3 Å². The molecule has 1 aliphatic heterocycles. The van der Waals surface area contributed by atoms with Gasteiger partial charge in [0.1, 0.15) is 0 Å². The van der Waals surface area contributed by atoms with E-state index in [1.807, 2.05) is 14.1 Å². The lowest BCUT2D eigenvalue weighted by Gasteiger charge is -2.34. The number of likely N-dealkylation sites (N-methyl/N-ethyl adjacent to an activating group) is 1. The summed E-state index contributed by atoms with van der Waals surface area (Å²) in [4.78, 5) is 4.66. The van der Waals surface area contributed by atoms with E-state index in [0.717, 1.165) is 26.2 Å². The highest BCUT2D eigenvalue weighted by molar-refractivity contribution is 7.89. The van der Waals surface area contributed by atoms with Gasteiger partial charge in [-0.2, -0.15) is 4.31 Å². The summed E-state index contributed by atoms with van der Waals surface area (Å²) in [6.45, 7) is 4.44. The molecule has 136 valence electrons. The van der Waals surface area contributed by atoms with Crippen molar-refractivity contribution in [1.29, 1.82) is 0 Å². The number of methoxy groups -OCH3 is 2. The zero-order valence-corrected chi connectivity index (χ0v) is 15.7. The normalized spacial score (nSPS) is 17.2. The minimum atomic E-state index is -3.51. The van der Waals surface area contributed by atoms with Crippen LogP contribution >= 0.6 is 0 Å². The lowest BCUT2D eigenvalue weighted by molar-refractivity contribution is 0.174. The molecule has 1 saturated heterocycles. The first kappa shape index (κ1) is 19.0. The molecule has 0 aliphatic carbocycles. The number of piperazine rings is 1. The third-order valence-corrected chi connectivity index (χ3v) is 6.08. The van der Waals surface area contributed by atoms with Crippen LogP contribution in [0.25, 0.3) is 0 Å². The van der Waals surface area contributed by atoms with Crippen LogP contribution in [0.3, 0.4) is 0 Å². The van der Waals surface area contributed by atoms with Gasteiger partial charge in [-0.3, -0.25) is 4.90 Å². The molecule has 7 nitrogen and oxygen atoms in total. The molecule has 1 aliphatic rings. The van der Waals surface area contributed by atoms with Crippen LogP contribution in [-0.2, 0) is 10.0 Å². The van der Waals surface area contributed by atoms with Crippen molar-refractivity contribution in [3.63, 3.8) is 0 Å². The summed E-state index contributed by atoms with van der Waals surface area (Å²) in [6, 6.07) is 4.71. The Labute approximate surface area is 144 Å². The van der Waals surface area contributed by atoms with Gasteiger partial charge < -0.3 is 14.4 Å². The number of rotatable bonds is 7. The van der Waals surface area contributed by atoms with Crippen LogP contribution in [0, 0.1) is 0 Å². The SMILES string of the molecule is COc1ccc(S(=O)(=O)N2CCN(CCN(C)C)CC2)cc1OC. The molecular formula is C16H27N3O4S. The molecule has 1 aromatic rings. The lowest BCUT2D eigenvalue weighted by Crippen LogP contribution is -2.49. The van der Waals surface area contributed by atoms with Gasteiger partial charge in [-0.15, -0.1) is 0 Å². The van der Waals surface area contributed by atoms with E-state index in [4.69, 9.17) is 9.47 Å². The molecule has 0 aromatic heterocycles. The van der Waals surface area contributed by atoms with Gasteiger partial charge in [0.25, 0.3) is 0 Å². The standard InChI is InChI=1S/C16H27N3O4S/c1-17(2)7-8-18-9-11-19(12-10-18)24(20,21)14-5-6-15(22-3)16(13-14)23-4/h5-6,13H,7-12H2,1-4H3. The molecule has 0 spiro atoms. The Morgan fingerprint density at radius 1 is 1.04 bits per heavy atom. The Bertz CT molecular complexity index is 641. The predicted octanol–water partition coefficient (Wildman–Crippen LogP) is 0.572. The van der Waals surface area contributed by atoms with E-state index in [2.05, 4.69) is 9.80 Å². The Morgan fingerprint density at radius 2 is 1.67 bits per heavy atom. The summed E-state index contributed by atoms with van der Waals surface area (Å²) in [6.07, 6.45) is 0. The van der Waals surface area contributed by atoms with Crippen molar-refractivity contribution in [2.45, 2.75) is 4.90 Å². The summed E-state index contributed by atoms with van der Waals surface area (Å²) < 4.78 is 37.6. The van der Waals surface area contributed by atoms with Gasteiger partial charge in [0.05, 0.1) is 19.1 Å². The van der Waals surface area contributed by atoms with Crippen LogP contribution in [0.1, 0.15) is 0 Å². The second-order valence-electron chi connectivity index (χ2n) is 6.07. The van der Waals surface area contributed by atoms with Crippen molar-refractivity contribution in [3.8, 4) is 11.5 Å². The minimum absolute atomic E-state index is 0.238. The van der Waals surface area contributed by atoms with Crippen molar-refractivity contribution >= 4 is 10.0 Å². The molecule has 24 heavy (non-hydrogen) atoms. The van der Waals surface area contributed by atoms with E-state index in [9.17, 15) is 8.42 Å². The van der Waals surface area contributed by atoms with E-state index in [1.165, 1.54) is 20.3 Å². The van der Waals surface area contributed by atoms with Gasteiger partial charge in [-0.05, 0) is 26.2 Å². The average molecular weight is 357 g/mol. The van der Waals surface area contributed by atoms with E-state index in [-0.39, 0.29) is 4.90 Å². The summed E-state index contributed by atoms with van der Waals surface area (Å²) in [5.41, 5.74) is 0. The van der Waals surface area contributed by atoms with Crippen LogP contribution < -0.4 is 9.47 Å². The zero-order chi connectivity index (χ0) is 17.7. The molecule has 1 aromatic carbocycles. The number of hydrogen-bond donors (Lipinski definition) is 0. The summed E-state index contributed by atoms with van der Waals surface area (Å²) >= 11 is 0. The second kappa shape index (κ2) is 8.15. The molecule has 0 unspecified atom stereocenters. The molecule has 0 saturated carbocycles. The first-order chi connectivity index (χ1) is 11.4. The third kappa shape index (κ3) is 4.38. The molecule has 0 N–H and O–H groups in total. The van der Waals surface area contributed by atoms with Crippen LogP contribution in [0.5, 0.6) is 11.5 Å². The molecule has 0 atom stereocenters. The topological polar surface area (TPSA) is 62.3 Å². The fraction of sp³-hybridized carbons (Fsp3) is 0.625. The summed E-state index contributed by atoms with van der Waals surface area (Å²) in [5, 5.41) is 0. The number of ether oxygens (including phenoxy) is 2. The zero-order valence-electron chi connectivity index (χ0n) is 14.9. The van der Waals surface area contributed by atoms with E-state index in [0.29, 0.717) is 24.6 Å². The Morgan fingerprint density at radius 3 is 2.21 bits per heavy atom. The van der Waals surface area contributed by atoms with Crippen molar-refractivity contribution < 1.29 is 17.9 Å². The number of nitrogens with zero attached hydrogens (tertiary/aromatic N) is 3. The fourth-order valence-electron chi connectivity index (χ4n) is 2.66. The molecule has 0 amide bonds. The first-order valence-electron chi connectivity index (χ1n) is 7.97. The summed E-state index contributed by atoms with van der Waals surface area (Å²) in [7, 11) is 3.59. The lowest BCUT2D eigenvalue weighted by atomic mass is 10.3. The third-order valence-electron chi connectivity index (χ3n) is 4.19. The largest absolute Gasteiger partial charge is 0.493 e. The number of hydrogen-bond acceptors (Lipinski definition) is 6. The second-order valence-corrected chi connectivity index (χ2v) is 8.00. The Kier molecular flexibility index (Phi) is 6.45. The highest BCUT2D eigenvalue weighted by Gasteiger charge is 2.29. The van der Waals surface area contributed by atoms with Gasteiger partial charge >= 0.3 is 0 Å². The Balaban J connectivity index is 2.06. The van der Waals surface area contributed by atoms with Gasteiger partial charge in [-0.25, -0.2) is 8.42 Å². The predicted molar refractivity (Wildman–Crippen MR) is 93.3 cm³/mol. The molecule has 8 heteroatoms. The first-order valence-corrected chi connectivity index (χ1v) is 9.41. The quantitative estimate of drug-likeness (QED) is 0.711. The fourth-order valence-corrected chi connectivity index (χ4v) is 4.10. The van der Waals surface area contributed by atoms with Crippen LogP contribution in [0.15, 0.2) is 23.1 Å². The smallest absolute Gasteiger partial charge is 0.243 e. The van der Waals surface area contributed by atoms with Crippen LogP contribution in [0.2, 0.25) is 0 Å². The van der Waals surface area contributed by atoms with Crippen molar-refractivity contribution in [1.82, 2.24) is 14.1 Å². The van der Waals surface area contributed by atoms with E-state index >= 15 is 0 Å². The van der Waals surface area contributed by atoms with E-state index in [1.54, 1.807) is 16.4 Å². The van der Waals surface area contributed by atoms with Crippen molar-refractivity contribution in [2.24, 2.45) is 0 Å². The molecular weight excluding hydrogens is 330 g/mol. The molecule has 1 heterocycles. The average Bonchev–Trinajstić information content (AvgIpc) is 2.59. The molecule has 1 fully saturated rings. The highest BCUT2D eigenvalue weighted by Crippen LogP contribution is 2.30. The molecule has 0 bridgehead atoms.